The normalized spacial score (nSPS) is 13.8. The lowest BCUT2D eigenvalue weighted by Gasteiger charge is -2.25. The van der Waals surface area contributed by atoms with Gasteiger partial charge in [-0.1, -0.05) is 13.8 Å². The highest BCUT2D eigenvalue weighted by Crippen LogP contribution is 2.08. The maximum Gasteiger partial charge on any atom is 0.322 e. The molecule has 0 aliphatic rings. The number of unbranched alkanes of at least 4 members (excludes halogenated alkanes) is 1. The molecule has 0 saturated heterocycles. The van der Waals surface area contributed by atoms with E-state index in [9.17, 15) is 24.0 Å². The number of carboxylic acids is 2. The first-order chi connectivity index (χ1) is 14.0. The summed E-state index contributed by atoms with van der Waals surface area (Å²) in [6, 6.07) is -3.38. The van der Waals surface area contributed by atoms with E-state index in [4.69, 9.17) is 21.7 Å². The molecule has 0 rings (SSSR count). The maximum atomic E-state index is 12.7. The fraction of sp³-hybridized carbons (Fsp3) is 0.722. The molecule has 0 spiro atoms. The van der Waals surface area contributed by atoms with Crippen molar-refractivity contribution in [2.45, 2.75) is 64.1 Å². The van der Waals surface area contributed by atoms with Gasteiger partial charge in [-0.3, -0.25) is 24.0 Å². The summed E-state index contributed by atoms with van der Waals surface area (Å²) in [7, 11) is 0. The highest BCUT2D eigenvalue weighted by atomic mass is 16.4. The smallest absolute Gasteiger partial charge is 0.322 e. The Hall–Kier alpha value is -2.73. The molecule has 3 amide bonds. The summed E-state index contributed by atoms with van der Waals surface area (Å²) in [5.74, 6) is -4.60. The molecule has 172 valence electrons. The molecule has 12 heteroatoms. The van der Waals surface area contributed by atoms with E-state index in [1.807, 2.05) is 13.8 Å². The number of carbonyl (C=O) groups is 5. The highest BCUT2D eigenvalue weighted by Gasteiger charge is 2.29. The van der Waals surface area contributed by atoms with Crippen LogP contribution in [0.25, 0.3) is 0 Å². The van der Waals surface area contributed by atoms with Crippen molar-refractivity contribution in [1.29, 1.82) is 0 Å². The Morgan fingerprint density at radius 1 is 0.867 bits per heavy atom. The van der Waals surface area contributed by atoms with Crippen molar-refractivity contribution in [3.8, 4) is 0 Å². The lowest BCUT2D eigenvalue weighted by Crippen LogP contribution is -2.56. The Balaban J connectivity index is 5.23. The van der Waals surface area contributed by atoms with Gasteiger partial charge in [-0.15, -0.1) is 0 Å². The van der Waals surface area contributed by atoms with E-state index in [1.54, 1.807) is 0 Å². The van der Waals surface area contributed by atoms with E-state index in [2.05, 4.69) is 16.0 Å². The quantitative estimate of drug-likeness (QED) is 0.144. The van der Waals surface area contributed by atoms with Gasteiger partial charge in [0.25, 0.3) is 0 Å². The van der Waals surface area contributed by atoms with Crippen molar-refractivity contribution in [2.24, 2.45) is 17.4 Å². The van der Waals surface area contributed by atoms with Crippen LogP contribution in [0.2, 0.25) is 0 Å². The van der Waals surface area contributed by atoms with Gasteiger partial charge in [-0.05, 0) is 38.1 Å². The fourth-order valence-electron chi connectivity index (χ4n) is 2.58. The number of carbonyl (C=O) groups excluding carboxylic acids is 3. The predicted molar refractivity (Wildman–Crippen MR) is 107 cm³/mol. The van der Waals surface area contributed by atoms with Crippen molar-refractivity contribution >= 4 is 29.7 Å². The largest absolute Gasteiger partial charge is 0.481 e. The molecule has 0 saturated carbocycles. The average Bonchev–Trinajstić information content (AvgIpc) is 2.63. The number of rotatable bonds is 15. The number of amides is 3. The van der Waals surface area contributed by atoms with Gasteiger partial charge in [0.05, 0.1) is 12.5 Å². The molecule has 0 fully saturated rings. The van der Waals surface area contributed by atoms with Gasteiger partial charge in [0, 0.05) is 0 Å². The van der Waals surface area contributed by atoms with Crippen LogP contribution in [0.5, 0.6) is 0 Å². The molecule has 0 aromatic heterocycles. The van der Waals surface area contributed by atoms with E-state index >= 15 is 0 Å². The zero-order valence-electron chi connectivity index (χ0n) is 17.3. The van der Waals surface area contributed by atoms with E-state index in [0.29, 0.717) is 19.4 Å². The predicted octanol–water partition coefficient (Wildman–Crippen LogP) is -1.87. The summed E-state index contributed by atoms with van der Waals surface area (Å²) in [4.78, 5) is 58.6. The molecule has 0 bridgehead atoms. The molecule has 3 atom stereocenters. The number of nitrogens with one attached hydrogen (secondary N) is 3. The van der Waals surface area contributed by atoms with Crippen molar-refractivity contribution in [2.75, 3.05) is 13.1 Å². The fourth-order valence-corrected chi connectivity index (χ4v) is 2.58. The van der Waals surface area contributed by atoms with Crippen LogP contribution in [-0.4, -0.2) is 71.1 Å². The second-order valence-corrected chi connectivity index (χ2v) is 7.35. The van der Waals surface area contributed by atoms with Crippen LogP contribution in [0.3, 0.4) is 0 Å². The van der Waals surface area contributed by atoms with Gasteiger partial charge >= 0.3 is 11.9 Å². The Bertz CT molecular complexity index is 612. The maximum absolute atomic E-state index is 12.7. The second kappa shape index (κ2) is 14.3. The number of aliphatic carboxylic acids is 2. The Morgan fingerprint density at radius 3 is 1.97 bits per heavy atom. The molecule has 12 nitrogen and oxygen atoms in total. The van der Waals surface area contributed by atoms with Crippen LogP contribution in [-0.2, 0) is 24.0 Å². The van der Waals surface area contributed by atoms with Crippen molar-refractivity contribution in [3.63, 3.8) is 0 Å². The first-order valence-corrected chi connectivity index (χ1v) is 9.75. The minimum atomic E-state index is -1.33. The molecule has 9 N–H and O–H groups in total. The lowest BCUT2D eigenvalue weighted by molar-refractivity contribution is -0.140. The van der Waals surface area contributed by atoms with Gasteiger partial charge in [0.15, 0.2) is 0 Å². The van der Waals surface area contributed by atoms with Crippen LogP contribution < -0.4 is 27.4 Å². The minimum absolute atomic E-state index is 0.00623. The Labute approximate surface area is 175 Å². The molecular formula is C18H33N5O7. The zero-order chi connectivity index (χ0) is 23.3. The zero-order valence-corrected chi connectivity index (χ0v) is 17.3. The second-order valence-electron chi connectivity index (χ2n) is 7.35. The third kappa shape index (κ3) is 12.0. The van der Waals surface area contributed by atoms with Crippen molar-refractivity contribution in [1.82, 2.24) is 16.0 Å². The van der Waals surface area contributed by atoms with Gasteiger partial charge in [0.2, 0.25) is 17.7 Å². The van der Waals surface area contributed by atoms with Crippen LogP contribution >= 0.6 is 0 Å². The molecule has 0 aromatic carbocycles. The molecular weight excluding hydrogens is 398 g/mol. The first kappa shape index (κ1) is 27.3. The van der Waals surface area contributed by atoms with Crippen LogP contribution in [0, 0.1) is 5.92 Å². The van der Waals surface area contributed by atoms with E-state index in [0.717, 1.165) is 0 Å². The number of carboxylic acid groups (broad SMARTS) is 2. The van der Waals surface area contributed by atoms with Crippen molar-refractivity contribution in [3.05, 3.63) is 0 Å². The molecule has 0 radical (unpaired) electrons. The molecule has 0 aliphatic carbocycles. The SMILES string of the molecule is CC(C)CC(NC(=O)C(N)CC(=O)O)C(=O)NC(CCCCN)C(=O)NCC(=O)O. The summed E-state index contributed by atoms with van der Waals surface area (Å²) >= 11 is 0. The Morgan fingerprint density at radius 2 is 1.47 bits per heavy atom. The lowest BCUT2D eigenvalue weighted by atomic mass is 10.0. The highest BCUT2D eigenvalue weighted by molar-refractivity contribution is 5.94. The number of hydrogen-bond donors (Lipinski definition) is 7. The standard InChI is InChI=1S/C18H33N5O7/c1-10(2)7-13(23-16(28)11(20)8-14(24)25)18(30)22-12(5-3-4-6-19)17(29)21-9-15(26)27/h10-13H,3-9,19-20H2,1-2H3,(H,21,29)(H,22,30)(H,23,28)(H,24,25)(H,26,27). The Kier molecular flexibility index (Phi) is 13.0. The summed E-state index contributed by atoms with van der Waals surface area (Å²) in [5.41, 5.74) is 11.0. The van der Waals surface area contributed by atoms with Crippen LogP contribution in [0.1, 0.15) is 46.0 Å². The van der Waals surface area contributed by atoms with Gasteiger partial charge in [-0.25, -0.2) is 0 Å². The van der Waals surface area contributed by atoms with E-state index < -0.39 is 60.8 Å². The van der Waals surface area contributed by atoms with Crippen LogP contribution in [0.15, 0.2) is 0 Å². The third-order valence-electron chi connectivity index (χ3n) is 4.07. The van der Waals surface area contributed by atoms with Gasteiger partial charge in [-0.2, -0.15) is 0 Å². The summed E-state index contributed by atoms with van der Waals surface area (Å²) in [6.07, 6.45) is 0.988. The van der Waals surface area contributed by atoms with E-state index in [1.165, 1.54) is 0 Å². The average molecular weight is 431 g/mol. The number of hydrogen-bond acceptors (Lipinski definition) is 7. The van der Waals surface area contributed by atoms with E-state index in [-0.39, 0.29) is 18.8 Å². The molecule has 0 aliphatic heterocycles. The van der Waals surface area contributed by atoms with Gasteiger partial charge < -0.3 is 37.6 Å². The summed E-state index contributed by atoms with van der Waals surface area (Å²) in [6.45, 7) is 3.44. The van der Waals surface area contributed by atoms with Gasteiger partial charge in [0.1, 0.15) is 18.6 Å². The molecule has 30 heavy (non-hydrogen) atoms. The van der Waals surface area contributed by atoms with Crippen molar-refractivity contribution < 1.29 is 34.2 Å². The third-order valence-corrected chi connectivity index (χ3v) is 4.07. The molecule has 0 aromatic rings. The minimum Gasteiger partial charge on any atom is -0.481 e. The number of nitrogens with two attached hydrogens (primary N) is 2. The molecule has 3 unspecified atom stereocenters. The van der Waals surface area contributed by atoms with Crippen LogP contribution in [0.4, 0.5) is 0 Å². The first-order valence-electron chi connectivity index (χ1n) is 9.75. The molecule has 0 heterocycles. The summed E-state index contributed by atoms with van der Waals surface area (Å²) in [5, 5.41) is 24.7. The summed E-state index contributed by atoms with van der Waals surface area (Å²) < 4.78 is 0. The topological polar surface area (TPSA) is 214 Å². The monoisotopic (exact) mass is 431 g/mol.